The van der Waals surface area contributed by atoms with Gasteiger partial charge >= 0.3 is 0 Å². The van der Waals surface area contributed by atoms with Gasteiger partial charge in [-0.1, -0.05) is 50.8 Å². The van der Waals surface area contributed by atoms with Crippen molar-refractivity contribution in [1.29, 1.82) is 0 Å². The second kappa shape index (κ2) is 9.06. The topological polar surface area (TPSA) is 57.7 Å². The minimum Gasteiger partial charge on any atom is -0.346 e. The van der Waals surface area contributed by atoms with Gasteiger partial charge in [0.15, 0.2) is 0 Å². The summed E-state index contributed by atoms with van der Waals surface area (Å²) < 4.78 is 14.8. The van der Waals surface area contributed by atoms with Crippen molar-refractivity contribution >= 4 is 17.7 Å². The smallest absolute Gasteiger partial charge is 0.241 e. The molecule has 1 heterocycles. The molecule has 1 saturated heterocycles. The highest BCUT2D eigenvalue weighted by atomic mass is 19.1. The molecule has 6 heteroatoms. The number of amides is 3. The number of hydrogen-bond acceptors (Lipinski definition) is 3. The summed E-state index contributed by atoms with van der Waals surface area (Å²) in [6, 6.07) is 5.92. The molecule has 0 bridgehead atoms. The normalized spacial score (nSPS) is 22.9. The van der Waals surface area contributed by atoms with Gasteiger partial charge in [-0.25, -0.2) is 4.39 Å². The maximum Gasteiger partial charge on any atom is 0.241 e. The molecule has 1 aromatic carbocycles. The van der Waals surface area contributed by atoms with Crippen LogP contribution < -0.4 is 0 Å². The summed E-state index contributed by atoms with van der Waals surface area (Å²) in [6.07, 6.45) is 6.12. The molecule has 5 nitrogen and oxygen atoms in total. The lowest BCUT2D eigenvalue weighted by atomic mass is 9.75. The first-order chi connectivity index (χ1) is 13.9. The van der Waals surface area contributed by atoms with Gasteiger partial charge in [-0.3, -0.25) is 19.3 Å². The maximum absolute atomic E-state index is 14.8. The molecule has 0 spiro atoms. The van der Waals surface area contributed by atoms with Crippen LogP contribution in [-0.2, 0) is 19.8 Å². The molecule has 1 aliphatic carbocycles. The first kappa shape index (κ1) is 21.5. The van der Waals surface area contributed by atoms with Gasteiger partial charge in [0.1, 0.15) is 5.82 Å². The van der Waals surface area contributed by atoms with Crippen molar-refractivity contribution < 1.29 is 18.8 Å². The number of imide groups is 1. The summed E-state index contributed by atoms with van der Waals surface area (Å²) in [7, 11) is 1.70. The number of hydrogen-bond donors (Lipinski definition) is 0. The number of nitrogens with zero attached hydrogens (tertiary/aromatic N) is 2. The fraction of sp³-hybridized carbons (Fsp3) is 0.609. The number of benzene rings is 1. The molecule has 1 saturated carbocycles. The number of likely N-dealkylation sites (tertiary alicyclic amines) is 1. The van der Waals surface area contributed by atoms with Crippen LogP contribution in [0.5, 0.6) is 0 Å². The molecule has 1 atom stereocenters. The number of rotatable bonds is 7. The Balaban J connectivity index is 1.96. The lowest BCUT2D eigenvalue weighted by Gasteiger charge is -2.33. The number of carbonyl (C=O) groups excluding carboxylic acids is 3. The predicted octanol–water partition coefficient (Wildman–Crippen LogP) is 3.80. The van der Waals surface area contributed by atoms with Gasteiger partial charge in [0, 0.05) is 38.0 Å². The zero-order valence-electron chi connectivity index (χ0n) is 17.5. The van der Waals surface area contributed by atoms with E-state index in [0.29, 0.717) is 6.54 Å². The Labute approximate surface area is 172 Å². The van der Waals surface area contributed by atoms with E-state index in [1.807, 2.05) is 6.92 Å². The van der Waals surface area contributed by atoms with Crippen molar-refractivity contribution in [3.63, 3.8) is 0 Å². The van der Waals surface area contributed by atoms with E-state index in [1.54, 1.807) is 30.1 Å². The highest BCUT2D eigenvalue weighted by Crippen LogP contribution is 2.43. The average molecular weight is 403 g/mol. The van der Waals surface area contributed by atoms with Crippen molar-refractivity contribution in [2.24, 2.45) is 0 Å². The maximum atomic E-state index is 14.8. The Bertz CT molecular complexity index is 775. The highest BCUT2D eigenvalue weighted by Gasteiger charge is 2.56. The molecule has 2 aliphatic rings. The fourth-order valence-corrected chi connectivity index (χ4v) is 4.68. The van der Waals surface area contributed by atoms with Crippen molar-refractivity contribution in [3.8, 4) is 0 Å². The van der Waals surface area contributed by atoms with Gasteiger partial charge in [0.2, 0.25) is 17.7 Å². The minimum atomic E-state index is -1.45. The molecule has 0 radical (unpaired) electrons. The quantitative estimate of drug-likeness (QED) is 0.652. The molecule has 3 rings (SSSR count). The van der Waals surface area contributed by atoms with E-state index in [2.05, 4.69) is 0 Å². The Morgan fingerprint density at radius 1 is 1.21 bits per heavy atom. The standard InChI is InChI=1S/C23H31FN2O3/c1-3-4-14-25(2)20(27)15-23(18-12-8-9-13-19(18)24)16-21(28)26(22(23)29)17-10-6-5-7-11-17/h8-9,12-13,17H,3-7,10-11,14-16H2,1-2H3/t23-/m1/s1. The van der Waals surface area contributed by atoms with Crippen molar-refractivity contribution in [1.82, 2.24) is 9.80 Å². The van der Waals surface area contributed by atoms with Crippen molar-refractivity contribution in [2.45, 2.75) is 76.2 Å². The summed E-state index contributed by atoms with van der Waals surface area (Å²) in [6.45, 7) is 2.62. The minimum absolute atomic E-state index is 0.134. The molecule has 0 unspecified atom stereocenters. The van der Waals surface area contributed by atoms with E-state index < -0.39 is 17.1 Å². The van der Waals surface area contributed by atoms with E-state index in [1.165, 1.54) is 11.0 Å². The summed E-state index contributed by atoms with van der Waals surface area (Å²) in [4.78, 5) is 42.5. The van der Waals surface area contributed by atoms with Gasteiger partial charge in [-0.2, -0.15) is 0 Å². The molecule has 0 N–H and O–H groups in total. The van der Waals surface area contributed by atoms with Crippen LogP contribution >= 0.6 is 0 Å². The first-order valence-corrected chi connectivity index (χ1v) is 10.8. The van der Waals surface area contributed by atoms with E-state index in [-0.39, 0.29) is 36.3 Å². The van der Waals surface area contributed by atoms with Gasteiger partial charge in [-0.05, 0) is 25.3 Å². The lowest BCUT2D eigenvalue weighted by molar-refractivity contribution is -0.145. The summed E-state index contributed by atoms with van der Waals surface area (Å²) in [5, 5.41) is 0. The monoisotopic (exact) mass is 402 g/mol. The molecule has 0 aromatic heterocycles. The first-order valence-electron chi connectivity index (χ1n) is 10.8. The highest BCUT2D eigenvalue weighted by molar-refractivity contribution is 6.11. The van der Waals surface area contributed by atoms with Crippen LogP contribution in [0.1, 0.15) is 70.3 Å². The van der Waals surface area contributed by atoms with Crippen LogP contribution in [0.4, 0.5) is 4.39 Å². The third-order valence-corrected chi connectivity index (χ3v) is 6.40. The third-order valence-electron chi connectivity index (χ3n) is 6.40. The molecule has 3 amide bonds. The van der Waals surface area contributed by atoms with Crippen LogP contribution in [0.15, 0.2) is 24.3 Å². The zero-order valence-corrected chi connectivity index (χ0v) is 17.5. The molecule has 1 aliphatic heterocycles. The van der Waals surface area contributed by atoms with E-state index in [9.17, 15) is 18.8 Å². The van der Waals surface area contributed by atoms with Crippen molar-refractivity contribution in [2.75, 3.05) is 13.6 Å². The Hall–Kier alpha value is -2.24. The van der Waals surface area contributed by atoms with Crippen LogP contribution in [0.3, 0.4) is 0 Å². The van der Waals surface area contributed by atoms with E-state index in [4.69, 9.17) is 0 Å². The largest absolute Gasteiger partial charge is 0.346 e. The summed E-state index contributed by atoms with van der Waals surface area (Å²) >= 11 is 0. The predicted molar refractivity (Wildman–Crippen MR) is 109 cm³/mol. The second-order valence-corrected chi connectivity index (χ2v) is 8.45. The van der Waals surface area contributed by atoms with Crippen LogP contribution in [0.25, 0.3) is 0 Å². The summed E-state index contributed by atoms with van der Waals surface area (Å²) in [5.74, 6) is -1.46. The fourth-order valence-electron chi connectivity index (χ4n) is 4.68. The van der Waals surface area contributed by atoms with Crippen LogP contribution in [-0.4, -0.2) is 47.2 Å². The van der Waals surface area contributed by atoms with Crippen molar-refractivity contribution in [3.05, 3.63) is 35.6 Å². The van der Waals surface area contributed by atoms with Gasteiger partial charge in [0.25, 0.3) is 0 Å². The lowest BCUT2D eigenvalue weighted by Crippen LogP contribution is -2.47. The molecule has 29 heavy (non-hydrogen) atoms. The van der Waals surface area contributed by atoms with Crippen LogP contribution in [0.2, 0.25) is 0 Å². The molecule has 1 aromatic rings. The van der Waals surface area contributed by atoms with Gasteiger partial charge in [-0.15, -0.1) is 0 Å². The van der Waals surface area contributed by atoms with Gasteiger partial charge < -0.3 is 4.90 Å². The summed E-state index contributed by atoms with van der Waals surface area (Å²) in [5.41, 5.74) is -1.29. The number of unbranched alkanes of at least 4 members (excludes halogenated alkanes) is 1. The Morgan fingerprint density at radius 2 is 1.90 bits per heavy atom. The molecule has 2 fully saturated rings. The molecule has 158 valence electrons. The van der Waals surface area contributed by atoms with Crippen LogP contribution in [0, 0.1) is 5.82 Å². The third kappa shape index (κ3) is 4.21. The second-order valence-electron chi connectivity index (χ2n) is 8.45. The van der Waals surface area contributed by atoms with Gasteiger partial charge in [0.05, 0.1) is 5.41 Å². The number of halogens is 1. The van der Waals surface area contributed by atoms with E-state index in [0.717, 1.165) is 44.9 Å². The zero-order chi connectivity index (χ0) is 21.0. The Morgan fingerprint density at radius 3 is 2.55 bits per heavy atom. The number of carbonyl (C=O) groups is 3. The SMILES string of the molecule is CCCCN(C)C(=O)C[C@]1(c2ccccc2F)CC(=O)N(C2CCCCC2)C1=O. The molecular formula is C23H31FN2O3. The average Bonchev–Trinajstić information content (AvgIpc) is 2.97. The Kier molecular flexibility index (Phi) is 6.70. The molecular weight excluding hydrogens is 371 g/mol. The van der Waals surface area contributed by atoms with E-state index >= 15 is 0 Å².